The molecule has 2 aromatic heterocycles. The van der Waals surface area contributed by atoms with Crippen molar-refractivity contribution in [1.82, 2.24) is 19.7 Å². The third-order valence-corrected chi connectivity index (χ3v) is 5.68. The molecule has 0 spiro atoms. The number of benzene rings is 2. The van der Waals surface area contributed by atoms with Crippen LogP contribution in [0.25, 0.3) is 16.7 Å². The van der Waals surface area contributed by atoms with Crippen LogP contribution in [0.5, 0.6) is 0 Å². The topological polar surface area (TPSA) is 164 Å². The molecule has 5 rings (SSSR count). The van der Waals surface area contributed by atoms with Crippen molar-refractivity contribution in [2.75, 3.05) is 11.9 Å². The van der Waals surface area contributed by atoms with E-state index in [1.54, 1.807) is 6.07 Å². The van der Waals surface area contributed by atoms with Crippen molar-refractivity contribution in [3.05, 3.63) is 87.6 Å². The fourth-order valence-electron chi connectivity index (χ4n) is 3.98. The molecular weight excluding hydrogens is 466 g/mol. The number of hydrogen-bond donors (Lipinski definition) is 1. The van der Waals surface area contributed by atoms with E-state index in [1.165, 1.54) is 23.0 Å². The van der Waals surface area contributed by atoms with Crippen molar-refractivity contribution in [2.45, 2.75) is 6.42 Å². The van der Waals surface area contributed by atoms with Gasteiger partial charge >= 0.3 is 0 Å². The van der Waals surface area contributed by atoms with Crippen molar-refractivity contribution in [3.8, 4) is 11.9 Å². The average molecular weight is 481 g/mol. The molecule has 3 heterocycles. The lowest BCUT2D eigenvalue weighted by Crippen LogP contribution is -2.33. The lowest BCUT2D eigenvalue weighted by molar-refractivity contribution is -0.385. The molecule has 176 valence electrons. The summed E-state index contributed by atoms with van der Waals surface area (Å²) in [4.78, 5) is 54.0. The van der Waals surface area contributed by atoms with Gasteiger partial charge in [-0.25, -0.2) is 4.98 Å². The van der Waals surface area contributed by atoms with Gasteiger partial charge in [-0.15, -0.1) is 0 Å². The molecular formula is C24H15N7O5. The molecule has 0 saturated heterocycles. The Morgan fingerprint density at radius 1 is 1.08 bits per heavy atom. The van der Waals surface area contributed by atoms with Crippen molar-refractivity contribution in [3.63, 3.8) is 0 Å². The number of carbonyl (C=O) groups is 3. The van der Waals surface area contributed by atoms with E-state index in [2.05, 4.69) is 15.4 Å². The van der Waals surface area contributed by atoms with Gasteiger partial charge in [0, 0.05) is 24.4 Å². The number of pyridine rings is 1. The first-order valence-electron chi connectivity index (χ1n) is 10.7. The van der Waals surface area contributed by atoms with Gasteiger partial charge in [0.1, 0.15) is 17.2 Å². The number of nitro benzene ring substituents is 1. The number of nitro groups is 1. The summed E-state index contributed by atoms with van der Waals surface area (Å²) < 4.78 is 1.31. The van der Waals surface area contributed by atoms with Crippen LogP contribution in [0.4, 0.5) is 11.5 Å². The maximum Gasteiger partial charge on any atom is 0.282 e. The lowest BCUT2D eigenvalue weighted by atomic mass is 10.1. The minimum Gasteiger partial charge on any atom is -0.309 e. The Morgan fingerprint density at radius 3 is 2.67 bits per heavy atom. The highest BCUT2D eigenvalue weighted by molar-refractivity contribution is 6.23. The van der Waals surface area contributed by atoms with E-state index in [0.717, 1.165) is 16.4 Å². The number of carbonyl (C=O) groups excluding carboxylic acids is 3. The number of aromatic nitrogens is 3. The molecule has 1 aliphatic rings. The van der Waals surface area contributed by atoms with E-state index >= 15 is 0 Å². The van der Waals surface area contributed by atoms with Crippen molar-refractivity contribution in [1.29, 1.82) is 5.26 Å². The zero-order valence-corrected chi connectivity index (χ0v) is 18.4. The Bertz CT molecular complexity index is 1640. The predicted molar refractivity (Wildman–Crippen MR) is 125 cm³/mol. The van der Waals surface area contributed by atoms with Crippen LogP contribution in [0.1, 0.15) is 32.7 Å². The fourth-order valence-corrected chi connectivity index (χ4v) is 3.98. The molecule has 2 aromatic carbocycles. The highest BCUT2D eigenvalue weighted by Gasteiger charge is 2.40. The summed E-state index contributed by atoms with van der Waals surface area (Å²) in [6.45, 7) is -0.306. The maximum atomic E-state index is 12.8. The average Bonchev–Trinajstić information content (AvgIpc) is 3.40. The van der Waals surface area contributed by atoms with Crippen molar-refractivity contribution >= 4 is 40.1 Å². The molecule has 0 fully saturated rings. The van der Waals surface area contributed by atoms with Crippen LogP contribution in [0.2, 0.25) is 0 Å². The van der Waals surface area contributed by atoms with Crippen LogP contribution in [-0.2, 0) is 4.79 Å². The van der Waals surface area contributed by atoms with Crippen LogP contribution in [0.3, 0.4) is 0 Å². The fraction of sp³-hybridized carbons (Fsp3) is 0.0833. The second-order valence-electron chi connectivity index (χ2n) is 7.81. The molecule has 12 heteroatoms. The van der Waals surface area contributed by atoms with Gasteiger partial charge in [-0.1, -0.05) is 24.3 Å². The summed E-state index contributed by atoms with van der Waals surface area (Å²) in [6, 6.07) is 16.7. The number of anilines is 1. The van der Waals surface area contributed by atoms with Gasteiger partial charge in [0.2, 0.25) is 5.91 Å². The summed E-state index contributed by atoms with van der Waals surface area (Å²) in [5.74, 6) is -1.69. The summed E-state index contributed by atoms with van der Waals surface area (Å²) in [7, 11) is 0. The first-order chi connectivity index (χ1) is 17.4. The monoisotopic (exact) mass is 481 g/mol. The molecule has 4 aromatic rings. The van der Waals surface area contributed by atoms with E-state index in [1.807, 2.05) is 36.4 Å². The smallest absolute Gasteiger partial charge is 0.282 e. The van der Waals surface area contributed by atoms with Crippen LogP contribution in [0.15, 0.2) is 60.8 Å². The first-order valence-corrected chi connectivity index (χ1v) is 10.7. The third-order valence-electron chi connectivity index (χ3n) is 5.68. The number of amides is 3. The summed E-state index contributed by atoms with van der Waals surface area (Å²) in [5.41, 5.74) is -0.0547. The second-order valence-corrected chi connectivity index (χ2v) is 7.81. The second kappa shape index (κ2) is 8.73. The minimum absolute atomic E-state index is 0.0816. The molecule has 3 amide bonds. The van der Waals surface area contributed by atoms with E-state index in [9.17, 15) is 29.8 Å². The first kappa shape index (κ1) is 22.4. The molecule has 1 aliphatic heterocycles. The van der Waals surface area contributed by atoms with Crippen molar-refractivity contribution in [2.24, 2.45) is 0 Å². The molecule has 0 unspecified atom stereocenters. The van der Waals surface area contributed by atoms with E-state index in [4.69, 9.17) is 0 Å². The largest absolute Gasteiger partial charge is 0.309 e. The number of fused-ring (bicyclic) bond motifs is 2. The van der Waals surface area contributed by atoms with E-state index in [-0.39, 0.29) is 35.5 Å². The SMILES string of the molecule is N#Cc1cnn(-c2ccc3ccccc3n2)c1NC(=O)CCN1C(=O)c2cccc([N+](=O)[O-])c2C1=O. The highest BCUT2D eigenvalue weighted by atomic mass is 16.6. The molecule has 0 radical (unpaired) electrons. The van der Waals surface area contributed by atoms with Crippen molar-refractivity contribution < 1.29 is 19.3 Å². The molecule has 36 heavy (non-hydrogen) atoms. The van der Waals surface area contributed by atoms with Crippen LogP contribution >= 0.6 is 0 Å². The molecule has 0 atom stereocenters. The predicted octanol–water partition coefficient (Wildman–Crippen LogP) is 2.83. The Kier molecular flexibility index (Phi) is 5.42. The Morgan fingerprint density at radius 2 is 1.89 bits per heavy atom. The van der Waals surface area contributed by atoms with Gasteiger partial charge in [-0.2, -0.15) is 15.0 Å². The lowest BCUT2D eigenvalue weighted by Gasteiger charge is -2.14. The number of imide groups is 1. The van der Waals surface area contributed by atoms with Gasteiger partial charge in [0.15, 0.2) is 11.6 Å². The van der Waals surface area contributed by atoms with Gasteiger partial charge in [0.05, 0.1) is 22.2 Å². The number of rotatable bonds is 6. The quantitative estimate of drug-likeness (QED) is 0.249. The van der Waals surface area contributed by atoms with Crippen LogP contribution in [0, 0.1) is 21.4 Å². The Hall–Kier alpha value is -5.44. The summed E-state index contributed by atoms with van der Waals surface area (Å²) in [6.07, 6.45) is 0.982. The number of nitrogens with zero attached hydrogens (tertiary/aromatic N) is 6. The number of nitrogens with one attached hydrogen (secondary N) is 1. The van der Waals surface area contributed by atoms with E-state index in [0.29, 0.717) is 11.3 Å². The van der Waals surface area contributed by atoms with Gasteiger partial charge in [-0.05, 0) is 24.3 Å². The standard InChI is InChI=1S/C24H15N7O5/c25-12-15-13-26-30(19-9-8-14-4-1-2-6-17(14)27-19)22(15)28-20(32)10-11-29-23(33)16-5-3-7-18(31(35)36)21(16)24(29)34/h1-9,13H,10-11H2,(H,28,32). The zero-order chi connectivity index (χ0) is 25.4. The molecule has 0 bridgehead atoms. The number of nitriles is 1. The highest BCUT2D eigenvalue weighted by Crippen LogP contribution is 2.31. The van der Waals surface area contributed by atoms with Gasteiger partial charge in [-0.3, -0.25) is 29.4 Å². The molecule has 1 N–H and O–H groups in total. The third kappa shape index (κ3) is 3.70. The van der Waals surface area contributed by atoms with Gasteiger partial charge in [0.25, 0.3) is 17.5 Å². The van der Waals surface area contributed by atoms with E-state index < -0.39 is 28.3 Å². The Labute approximate surface area is 202 Å². The zero-order valence-electron chi connectivity index (χ0n) is 18.4. The van der Waals surface area contributed by atoms with Crippen LogP contribution < -0.4 is 5.32 Å². The molecule has 0 saturated carbocycles. The van der Waals surface area contributed by atoms with Gasteiger partial charge < -0.3 is 5.32 Å². The molecule has 12 nitrogen and oxygen atoms in total. The number of hydrogen-bond acceptors (Lipinski definition) is 8. The molecule has 0 aliphatic carbocycles. The normalized spacial score (nSPS) is 12.5. The Balaban J connectivity index is 1.35. The van der Waals surface area contributed by atoms with Crippen LogP contribution in [-0.4, -0.2) is 48.9 Å². The summed E-state index contributed by atoms with van der Waals surface area (Å²) in [5, 5.41) is 28.4. The maximum absolute atomic E-state index is 12.8. The minimum atomic E-state index is -0.835. The number of para-hydroxylation sites is 1. The summed E-state index contributed by atoms with van der Waals surface area (Å²) >= 11 is 0.